The molecule has 0 amide bonds. The van der Waals surface area contributed by atoms with Gasteiger partial charge in [-0.2, -0.15) is 13.2 Å². The van der Waals surface area contributed by atoms with Crippen molar-refractivity contribution >= 4 is 6.34 Å². The SMILES string of the molecule is COc1ncccc1-c1ccc(C(F)(F)F)cc1Oc1cc(C)c(=N)n(C=N)n1. The first-order valence-electron chi connectivity index (χ1n) is 8.28. The van der Waals surface area contributed by atoms with Gasteiger partial charge in [-0.3, -0.25) is 10.8 Å². The largest absolute Gasteiger partial charge is 0.481 e. The fraction of sp³-hybridized carbons (Fsp3) is 0.158. The minimum Gasteiger partial charge on any atom is -0.481 e. The van der Waals surface area contributed by atoms with Crippen LogP contribution in [0.1, 0.15) is 11.1 Å². The maximum absolute atomic E-state index is 13.3. The van der Waals surface area contributed by atoms with E-state index >= 15 is 0 Å². The fourth-order valence-corrected chi connectivity index (χ4v) is 2.64. The van der Waals surface area contributed by atoms with E-state index < -0.39 is 11.7 Å². The summed E-state index contributed by atoms with van der Waals surface area (Å²) in [5.74, 6) is 0.0371. The van der Waals surface area contributed by atoms with Crippen LogP contribution in [0.5, 0.6) is 17.5 Å². The highest BCUT2D eigenvalue weighted by Gasteiger charge is 2.32. The summed E-state index contributed by atoms with van der Waals surface area (Å²) >= 11 is 0. The topological polar surface area (TPSA) is 96.9 Å². The molecule has 3 aromatic rings. The lowest BCUT2D eigenvalue weighted by atomic mass is 10.0. The number of nitrogens with one attached hydrogen (secondary N) is 2. The molecule has 0 spiro atoms. The predicted octanol–water partition coefficient (Wildman–Crippen LogP) is 4.01. The maximum atomic E-state index is 13.3. The zero-order valence-corrected chi connectivity index (χ0v) is 15.4. The molecule has 1 aromatic carbocycles. The van der Waals surface area contributed by atoms with Gasteiger partial charge >= 0.3 is 6.18 Å². The number of hydrogen-bond donors (Lipinski definition) is 2. The van der Waals surface area contributed by atoms with Gasteiger partial charge in [0, 0.05) is 23.4 Å². The van der Waals surface area contributed by atoms with Crippen LogP contribution in [0, 0.1) is 17.7 Å². The molecule has 0 aliphatic carbocycles. The lowest BCUT2D eigenvalue weighted by Crippen LogP contribution is -2.24. The summed E-state index contributed by atoms with van der Waals surface area (Å²) in [4.78, 5) is 4.07. The number of aryl methyl sites for hydroxylation is 1. The predicted molar refractivity (Wildman–Crippen MR) is 98.3 cm³/mol. The monoisotopic (exact) mass is 403 g/mol. The summed E-state index contributed by atoms with van der Waals surface area (Å²) in [5.41, 5.74) is 0.260. The number of halogens is 3. The van der Waals surface area contributed by atoms with Gasteiger partial charge in [0.1, 0.15) is 12.1 Å². The van der Waals surface area contributed by atoms with Gasteiger partial charge in [0.05, 0.1) is 12.7 Å². The third kappa shape index (κ3) is 4.10. The zero-order chi connectivity index (χ0) is 21.2. The van der Waals surface area contributed by atoms with E-state index in [4.69, 9.17) is 20.3 Å². The smallest absolute Gasteiger partial charge is 0.416 e. The molecule has 0 fully saturated rings. The zero-order valence-electron chi connectivity index (χ0n) is 15.4. The van der Waals surface area contributed by atoms with Crippen LogP contribution in [-0.4, -0.2) is 28.2 Å². The van der Waals surface area contributed by atoms with Crippen molar-refractivity contribution < 1.29 is 22.6 Å². The Morgan fingerprint density at radius 1 is 1.14 bits per heavy atom. The molecule has 0 radical (unpaired) electrons. The lowest BCUT2D eigenvalue weighted by Gasteiger charge is -2.16. The Hall–Kier alpha value is -3.69. The molecular formula is C19H16F3N5O2. The highest BCUT2D eigenvalue weighted by molar-refractivity contribution is 5.75. The van der Waals surface area contributed by atoms with E-state index in [9.17, 15) is 13.2 Å². The number of methoxy groups -OCH3 is 1. The molecule has 0 aliphatic rings. The van der Waals surface area contributed by atoms with Crippen LogP contribution in [0.2, 0.25) is 0 Å². The van der Waals surface area contributed by atoms with E-state index in [1.807, 2.05) is 0 Å². The third-order valence-electron chi connectivity index (χ3n) is 4.05. The third-order valence-corrected chi connectivity index (χ3v) is 4.05. The first-order valence-corrected chi connectivity index (χ1v) is 8.28. The summed E-state index contributed by atoms with van der Waals surface area (Å²) < 4.78 is 51.6. The number of alkyl halides is 3. The van der Waals surface area contributed by atoms with Gasteiger partial charge in [0.2, 0.25) is 11.8 Å². The molecule has 2 N–H and O–H groups in total. The molecule has 3 rings (SSSR count). The number of nitrogens with zero attached hydrogens (tertiary/aromatic N) is 3. The number of aromatic nitrogens is 3. The minimum atomic E-state index is -4.57. The van der Waals surface area contributed by atoms with Gasteiger partial charge in [-0.05, 0) is 42.8 Å². The first kappa shape index (κ1) is 20.1. The van der Waals surface area contributed by atoms with E-state index in [1.54, 1.807) is 19.1 Å². The van der Waals surface area contributed by atoms with Crippen LogP contribution in [-0.2, 0) is 6.18 Å². The Bertz CT molecular complexity index is 1130. The van der Waals surface area contributed by atoms with Crippen LogP contribution in [0.4, 0.5) is 13.2 Å². The second kappa shape index (κ2) is 7.74. The molecule has 0 aliphatic heterocycles. The van der Waals surface area contributed by atoms with Gasteiger partial charge < -0.3 is 9.47 Å². The normalized spacial score (nSPS) is 11.2. The van der Waals surface area contributed by atoms with Crippen LogP contribution < -0.4 is 15.0 Å². The van der Waals surface area contributed by atoms with Crippen molar-refractivity contribution in [1.29, 1.82) is 10.8 Å². The summed E-state index contributed by atoms with van der Waals surface area (Å²) in [6.07, 6.45) is -2.27. The number of ether oxygens (including phenoxy) is 2. The highest BCUT2D eigenvalue weighted by Crippen LogP contribution is 2.40. The van der Waals surface area contributed by atoms with Crippen molar-refractivity contribution in [2.24, 2.45) is 0 Å². The molecule has 2 aromatic heterocycles. The molecule has 7 nitrogen and oxygen atoms in total. The van der Waals surface area contributed by atoms with E-state index in [0.29, 0.717) is 16.7 Å². The molecule has 0 saturated heterocycles. The second-order valence-electron chi connectivity index (χ2n) is 5.96. The van der Waals surface area contributed by atoms with E-state index in [1.165, 1.54) is 25.4 Å². The van der Waals surface area contributed by atoms with Gasteiger partial charge in [-0.15, -0.1) is 5.10 Å². The molecule has 29 heavy (non-hydrogen) atoms. The van der Waals surface area contributed by atoms with Crippen molar-refractivity contribution in [3.8, 4) is 28.6 Å². The Kier molecular flexibility index (Phi) is 5.35. The molecule has 150 valence electrons. The molecule has 0 atom stereocenters. The Balaban J connectivity index is 2.19. The number of rotatable bonds is 5. The van der Waals surface area contributed by atoms with Crippen molar-refractivity contribution in [2.75, 3.05) is 7.11 Å². The summed E-state index contributed by atoms with van der Waals surface area (Å²) in [5, 5.41) is 19.1. The van der Waals surface area contributed by atoms with Gasteiger partial charge in [-0.1, -0.05) is 0 Å². The molecule has 0 unspecified atom stereocenters. The minimum absolute atomic E-state index is 0.0365. The number of pyridine rings is 1. The quantitative estimate of drug-likeness (QED) is 0.497. The molecule has 0 saturated carbocycles. The Morgan fingerprint density at radius 2 is 1.90 bits per heavy atom. The first-order chi connectivity index (χ1) is 13.7. The number of benzene rings is 1. The van der Waals surface area contributed by atoms with Crippen molar-refractivity contribution in [3.05, 3.63) is 59.2 Å². The molecular weight excluding hydrogens is 387 g/mol. The molecule has 10 heteroatoms. The summed E-state index contributed by atoms with van der Waals surface area (Å²) in [6.45, 7) is 1.61. The summed E-state index contributed by atoms with van der Waals surface area (Å²) in [6, 6.07) is 7.76. The van der Waals surface area contributed by atoms with Gasteiger partial charge in [0.25, 0.3) is 0 Å². The van der Waals surface area contributed by atoms with Crippen LogP contribution >= 0.6 is 0 Å². The number of hydrogen-bond acceptors (Lipinski definition) is 6. The van der Waals surface area contributed by atoms with E-state index in [2.05, 4.69) is 10.1 Å². The van der Waals surface area contributed by atoms with Crippen LogP contribution in [0.15, 0.2) is 42.6 Å². The van der Waals surface area contributed by atoms with Crippen molar-refractivity contribution in [1.82, 2.24) is 14.8 Å². The fourth-order valence-electron chi connectivity index (χ4n) is 2.64. The average molecular weight is 403 g/mol. The maximum Gasteiger partial charge on any atom is 0.416 e. The van der Waals surface area contributed by atoms with E-state index in [0.717, 1.165) is 23.2 Å². The molecule has 2 heterocycles. The molecule has 0 bridgehead atoms. The van der Waals surface area contributed by atoms with Crippen LogP contribution in [0.25, 0.3) is 11.1 Å². The second-order valence-corrected chi connectivity index (χ2v) is 5.96. The van der Waals surface area contributed by atoms with Gasteiger partial charge in [0.15, 0.2) is 5.49 Å². The van der Waals surface area contributed by atoms with Crippen LogP contribution in [0.3, 0.4) is 0 Å². The average Bonchev–Trinajstić information content (AvgIpc) is 2.69. The van der Waals surface area contributed by atoms with Crippen molar-refractivity contribution in [2.45, 2.75) is 13.1 Å². The van der Waals surface area contributed by atoms with E-state index in [-0.39, 0.29) is 23.0 Å². The standard InChI is InChI=1S/C19H16F3N5O2/c1-11-8-16(26-27(10-23)17(11)24)29-15-9-12(19(20,21)22)5-6-13(15)14-4-3-7-25-18(14)28-2/h3-10,23-24H,1-2H3. The Labute approximate surface area is 163 Å². The summed E-state index contributed by atoms with van der Waals surface area (Å²) in [7, 11) is 1.40. The van der Waals surface area contributed by atoms with Gasteiger partial charge in [-0.25, -0.2) is 9.67 Å². The Morgan fingerprint density at radius 3 is 2.55 bits per heavy atom. The lowest BCUT2D eigenvalue weighted by molar-refractivity contribution is -0.137. The van der Waals surface area contributed by atoms with Crippen molar-refractivity contribution in [3.63, 3.8) is 0 Å². The highest BCUT2D eigenvalue weighted by atomic mass is 19.4.